The normalized spacial score (nSPS) is 22.8. The number of fused-ring (bicyclic) bond motifs is 1. The van der Waals surface area contributed by atoms with Crippen LogP contribution in [0.1, 0.15) is 57.8 Å². The van der Waals surface area contributed by atoms with Crippen LogP contribution in [0.4, 0.5) is 5.95 Å². The topological polar surface area (TPSA) is 136 Å². The van der Waals surface area contributed by atoms with Crippen LogP contribution in [0.3, 0.4) is 0 Å². The van der Waals surface area contributed by atoms with E-state index in [-0.39, 0.29) is 41.7 Å². The Labute approximate surface area is 276 Å². The number of benzene rings is 1. The van der Waals surface area contributed by atoms with Gasteiger partial charge in [-0.05, 0) is 82.8 Å². The molecule has 3 aromatic rings. The second kappa shape index (κ2) is 14.6. The summed E-state index contributed by atoms with van der Waals surface area (Å²) in [5, 5.41) is 4.41. The maximum absolute atomic E-state index is 13.4. The lowest BCUT2D eigenvalue weighted by molar-refractivity contribution is -0.157. The van der Waals surface area contributed by atoms with Crippen molar-refractivity contribution >= 4 is 38.6 Å². The maximum atomic E-state index is 13.4. The lowest BCUT2D eigenvalue weighted by Crippen LogP contribution is -2.46. The van der Waals surface area contributed by atoms with E-state index in [1.165, 1.54) is 6.26 Å². The van der Waals surface area contributed by atoms with Crippen molar-refractivity contribution in [2.45, 2.75) is 76.0 Å². The predicted molar refractivity (Wildman–Crippen MR) is 179 cm³/mol. The number of nitrogens with one attached hydrogen (secondary N) is 1. The largest absolute Gasteiger partial charge is 0.493 e. The van der Waals surface area contributed by atoms with Gasteiger partial charge >= 0.3 is 5.97 Å². The first-order chi connectivity index (χ1) is 22.6. The molecule has 1 aromatic carbocycles. The van der Waals surface area contributed by atoms with Crippen LogP contribution in [-0.4, -0.2) is 108 Å². The molecule has 0 radical (unpaired) electrons. The van der Waals surface area contributed by atoms with Gasteiger partial charge in [-0.3, -0.25) is 14.5 Å². The average molecular weight is 667 g/mol. The Morgan fingerprint density at radius 2 is 1.79 bits per heavy atom. The van der Waals surface area contributed by atoms with Gasteiger partial charge in [-0.25, -0.2) is 13.4 Å². The number of sulfone groups is 1. The number of esters is 1. The zero-order chi connectivity index (χ0) is 33.0. The molecule has 13 heteroatoms. The van der Waals surface area contributed by atoms with Gasteiger partial charge in [0.25, 0.3) is 0 Å². The molecule has 3 aliphatic rings. The van der Waals surface area contributed by atoms with Crippen LogP contribution in [0.25, 0.3) is 16.7 Å². The number of hydrogen-bond acceptors (Lipinski definition) is 10. The molecule has 1 unspecified atom stereocenters. The molecule has 6 rings (SSSR count). The lowest BCUT2D eigenvalue weighted by Gasteiger charge is -2.36. The van der Waals surface area contributed by atoms with E-state index < -0.39 is 9.84 Å². The zero-order valence-electron chi connectivity index (χ0n) is 27.3. The van der Waals surface area contributed by atoms with Crippen LogP contribution < -0.4 is 10.1 Å². The second-order valence-corrected chi connectivity index (χ2v) is 15.5. The van der Waals surface area contributed by atoms with Gasteiger partial charge in [0.05, 0.1) is 17.9 Å². The smallest absolute Gasteiger partial charge is 0.323 e. The fourth-order valence-electron chi connectivity index (χ4n) is 7.09. The summed E-state index contributed by atoms with van der Waals surface area (Å²) in [7, 11) is -1.05. The van der Waals surface area contributed by atoms with Crippen molar-refractivity contribution in [3.05, 3.63) is 42.7 Å². The Morgan fingerprint density at radius 3 is 2.51 bits per heavy atom. The van der Waals surface area contributed by atoms with Crippen LogP contribution in [0.5, 0.6) is 5.75 Å². The number of nitrogens with zero attached hydrogens (tertiary/aromatic N) is 5. The van der Waals surface area contributed by atoms with E-state index in [2.05, 4.69) is 15.2 Å². The van der Waals surface area contributed by atoms with Gasteiger partial charge in [-0.1, -0.05) is 6.07 Å². The number of ether oxygens (including phenoxy) is 2. The van der Waals surface area contributed by atoms with Gasteiger partial charge in [-0.15, -0.1) is 0 Å². The molecule has 4 heterocycles. The number of aromatic nitrogens is 3. The highest BCUT2D eigenvalue weighted by atomic mass is 32.2. The summed E-state index contributed by atoms with van der Waals surface area (Å²) in [6.45, 7) is 2.54. The van der Waals surface area contributed by atoms with Crippen molar-refractivity contribution in [3.8, 4) is 11.6 Å². The molecule has 47 heavy (non-hydrogen) atoms. The number of rotatable bonds is 11. The first-order valence-electron chi connectivity index (χ1n) is 16.8. The monoisotopic (exact) mass is 666 g/mol. The minimum absolute atomic E-state index is 0.0144. The number of hydrogen-bond donors (Lipinski definition) is 1. The minimum Gasteiger partial charge on any atom is -0.493 e. The summed E-state index contributed by atoms with van der Waals surface area (Å²) in [4.78, 5) is 39.2. The molecule has 254 valence electrons. The van der Waals surface area contributed by atoms with Crippen molar-refractivity contribution in [1.82, 2.24) is 24.3 Å². The Morgan fingerprint density at radius 1 is 1.00 bits per heavy atom. The van der Waals surface area contributed by atoms with E-state index in [9.17, 15) is 18.0 Å². The molecule has 1 aliphatic carbocycles. The Bertz CT molecular complexity index is 1660. The number of carbonyl (C=O) groups excluding carboxylic acids is 2. The quantitative estimate of drug-likeness (QED) is 0.238. The third-order valence-corrected chi connectivity index (χ3v) is 10.8. The van der Waals surface area contributed by atoms with E-state index >= 15 is 0 Å². The van der Waals surface area contributed by atoms with Gasteiger partial charge in [0.2, 0.25) is 11.9 Å². The predicted octanol–water partition coefficient (Wildman–Crippen LogP) is 3.83. The van der Waals surface area contributed by atoms with Gasteiger partial charge in [0.1, 0.15) is 33.6 Å². The van der Waals surface area contributed by atoms with Crippen LogP contribution >= 0.6 is 0 Å². The first kappa shape index (κ1) is 33.2. The van der Waals surface area contributed by atoms with E-state index in [0.29, 0.717) is 50.7 Å². The van der Waals surface area contributed by atoms with Crippen LogP contribution in [0, 0.1) is 5.92 Å². The fourth-order valence-corrected chi connectivity index (χ4v) is 7.73. The number of carbonyl (C=O) groups is 2. The van der Waals surface area contributed by atoms with Gasteiger partial charge in [0, 0.05) is 61.9 Å². The standard InChI is InChI=1S/C34H46N6O6S/c1-38-18-4-7-29(38)33(42)46-26-14-19-39(20-15-26)32(41)24-9-11-25(12-10-24)36-34-35-17-13-31(37-34)40-21-16-27-28(40)6-3-8-30(27)45-22-5-23-47(2,43)44/h3,6,8,13,16-17,21,24-26,29H,4-5,7,9-12,14-15,18-20,22-23H2,1-2H3,(H,35,36,37). The molecule has 12 nitrogen and oxygen atoms in total. The van der Waals surface area contributed by atoms with Gasteiger partial charge in [-0.2, -0.15) is 4.98 Å². The second-order valence-electron chi connectivity index (χ2n) is 13.2. The van der Waals surface area contributed by atoms with Crippen LogP contribution in [-0.2, 0) is 24.2 Å². The molecular formula is C34H46N6O6S. The van der Waals surface area contributed by atoms with Crippen molar-refractivity contribution in [3.63, 3.8) is 0 Å². The number of amides is 1. The lowest BCUT2D eigenvalue weighted by atomic mass is 9.85. The van der Waals surface area contributed by atoms with Crippen molar-refractivity contribution < 1.29 is 27.5 Å². The molecule has 1 N–H and O–H groups in total. The molecule has 2 aromatic heterocycles. The molecule has 2 aliphatic heterocycles. The van der Waals surface area contributed by atoms with Gasteiger partial charge in [0.15, 0.2) is 0 Å². The van der Waals surface area contributed by atoms with Crippen LogP contribution in [0.15, 0.2) is 42.7 Å². The van der Waals surface area contributed by atoms with Crippen LogP contribution in [0.2, 0.25) is 0 Å². The molecule has 1 amide bonds. The third kappa shape index (κ3) is 8.24. The molecule has 2 saturated heterocycles. The SMILES string of the molecule is CN1CCCC1C(=O)OC1CCN(C(=O)C2CCC(Nc3nccc(-n4ccc5c(OCCCS(C)(=O)=O)cccc54)n3)CC2)CC1. The number of piperidine rings is 1. The van der Waals surface area contributed by atoms with Crippen molar-refractivity contribution in [2.24, 2.45) is 5.92 Å². The minimum atomic E-state index is -3.02. The fraction of sp³-hybridized carbons (Fsp3) is 0.588. The molecule has 0 spiro atoms. The van der Waals surface area contributed by atoms with Crippen molar-refractivity contribution in [1.29, 1.82) is 0 Å². The summed E-state index contributed by atoms with van der Waals surface area (Å²) in [6, 6.07) is 9.68. The summed E-state index contributed by atoms with van der Waals surface area (Å²) in [6.07, 6.45) is 11.9. The Hall–Kier alpha value is -3.71. The highest BCUT2D eigenvalue weighted by molar-refractivity contribution is 7.90. The van der Waals surface area contributed by atoms with Crippen molar-refractivity contribution in [2.75, 3.05) is 50.6 Å². The number of likely N-dealkylation sites (N-methyl/N-ethyl adjacent to an activating group) is 1. The Balaban J connectivity index is 0.981. The van der Waals surface area contributed by atoms with E-state index in [1.807, 2.05) is 53.0 Å². The molecule has 0 bridgehead atoms. The highest BCUT2D eigenvalue weighted by Gasteiger charge is 2.35. The molecule has 1 atom stereocenters. The average Bonchev–Trinajstić information content (AvgIpc) is 3.70. The number of likely N-dealkylation sites (tertiary alicyclic amines) is 2. The molecule has 3 fully saturated rings. The van der Waals surface area contributed by atoms with Gasteiger partial charge < -0.3 is 24.3 Å². The zero-order valence-corrected chi connectivity index (χ0v) is 28.2. The maximum Gasteiger partial charge on any atom is 0.323 e. The summed E-state index contributed by atoms with van der Waals surface area (Å²) >= 11 is 0. The Kier molecular flexibility index (Phi) is 10.3. The molecule has 1 saturated carbocycles. The van der Waals surface area contributed by atoms with E-state index in [0.717, 1.165) is 61.8 Å². The first-order valence-corrected chi connectivity index (χ1v) is 18.9. The highest BCUT2D eigenvalue weighted by Crippen LogP contribution is 2.31. The summed E-state index contributed by atoms with van der Waals surface area (Å²) in [5.41, 5.74) is 0.929. The summed E-state index contributed by atoms with van der Waals surface area (Å²) < 4.78 is 36.6. The number of anilines is 1. The molecular weight excluding hydrogens is 620 g/mol. The van der Waals surface area contributed by atoms with E-state index in [1.54, 1.807) is 6.20 Å². The summed E-state index contributed by atoms with van der Waals surface area (Å²) in [5.74, 6) is 2.19. The third-order valence-electron chi connectivity index (χ3n) is 9.74. The van der Waals surface area contributed by atoms with E-state index in [4.69, 9.17) is 14.5 Å².